The number of fused-ring (bicyclic) bond motifs is 6. The molecule has 3 nitrogen and oxygen atoms in total. The average molecular weight is 693 g/mol. The highest BCUT2D eigenvalue weighted by Crippen LogP contribution is 2.40. The lowest BCUT2D eigenvalue weighted by molar-refractivity contribution is 1.10. The molecule has 49 heavy (non-hydrogen) atoms. The van der Waals surface area contributed by atoms with Gasteiger partial charge in [0.15, 0.2) is 0 Å². The maximum Gasteiger partial charge on any atom is 0.145 e. The van der Waals surface area contributed by atoms with E-state index in [0.29, 0.717) is 0 Å². The first-order valence-electron chi connectivity index (χ1n) is 16.4. The van der Waals surface area contributed by atoms with E-state index in [-0.39, 0.29) is 0 Å². The van der Waals surface area contributed by atoms with E-state index >= 15 is 0 Å². The topological polar surface area (TPSA) is 21.1 Å². The first kappa shape index (κ1) is 29.2. The molecule has 0 amide bonds. The van der Waals surface area contributed by atoms with Crippen LogP contribution in [0.2, 0.25) is 0 Å². The molecule has 232 valence electrons. The van der Waals surface area contributed by atoms with Gasteiger partial charge in [-0.2, -0.15) is 0 Å². The Morgan fingerprint density at radius 3 is 1.65 bits per heavy atom. The summed E-state index contributed by atoms with van der Waals surface area (Å²) in [6.45, 7) is 0. The van der Waals surface area contributed by atoms with Crippen LogP contribution in [0.4, 0.5) is 17.1 Å². The number of nitrogens with zero attached hydrogens (tertiary/aromatic N) is 3. The lowest BCUT2D eigenvalue weighted by Crippen LogP contribution is -2.09. The van der Waals surface area contributed by atoms with Crippen molar-refractivity contribution < 1.29 is 0 Å². The first-order valence-corrected chi connectivity index (χ1v) is 17.2. The number of para-hydroxylation sites is 2. The number of imidazole rings is 1. The van der Waals surface area contributed by atoms with Gasteiger partial charge in [0, 0.05) is 43.6 Å². The van der Waals surface area contributed by atoms with Gasteiger partial charge in [-0.15, -0.1) is 0 Å². The summed E-state index contributed by atoms with van der Waals surface area (Å²) < 4.78 is 3.35. The summed E-state index contributed by atoms with van der Waals surface area (Å²) in [4.78, 5) is 7.71. The van der Waals surface area contributed by atoms with Gasteiger partial charge in [0.1, 0.15) is 5.82 Å². The van der Waals surface area contributed by atoms with E-state index in [9.17, 15) is 0 Å². The lowest BCUT2D eigenvalue weighted by Gasteiger charge is -2.25. The summed E-state index contributed by atoms with van der Waals surface area (Å²) in [7, 11) is 0. The highest BCUT2D eigenvalue weighted by atomic mass is 79.9. The number of hydrogen-bond acceptors (Lipinski definition) is 2. The van der Waals surface area contributed by atoms with Crippen LogP contribution in [0.25, 0.3) is 60.8 Å². The molecule has 1 heterocycles. The van der Waals surface area contributed by atoms with Crippen molar-refractivity contribution in [3.63, 3.8) is 0 Å². The van der Waals surface area contributed by atoms with Gasteiger partial charge >= 0.3 is 0 Å². The summed E-state index contributed by atoms with van der Waals surface area (Å²) >= 11 is 3.73. The van der Waals surface area contributed by atoms with Crippen LogP contribution in [0.15, 0.2) is 186 Å². The fourth-order valence-corrected chi connectivity index (χ4v) is 7.39. The van der Waals surface area contributed by atoms with Gasteiger partial charge in [-0.1, -0.05) is 143 Å². The van der Waals surface area contributed by atoms with Crippen molar-refractivity contribution in [3.05, 3.63) is 186 Å². The Bertz CT molecular complexity index is 2570. The Balaban J connectivity index is 1.20. The third-order valence-corrected chi connectivity index (χ3v) is 9.70. The Morgan fingerprint density at radius 1 is 0.429 bits per heavy atom. The van der Waals surface area contributed by atoms with Gasteiger partial charge in [-0.3, -0.25) is 4.57 Å². The van der Waals surface area contributed by atoms with Crippen LogP contribution in [0.1, 0.15) is 0 Å². The molecule has 1 aromatic heterocycles. The van der Waals surface area contributed by atoms with Crippen LogP contribution in [-0.2, 0) is 0 Å². The van der Waals surface area contributed by atoms with E-state index in [4.69, 9.17) is 4.98 Å². The molecule has 0 N–H and O–H groups in total. The maximum absolute atomic E-state index is 5.42. The molecule has 9 rings (SSSR count). The highest BCUT2D eigenvalue weighted by molar-refractivity contribution is 9.10. The van der Waals surface area contributed by atoms with E-state index in [1.165, 1.54) is 16.2 Å². The minimum absolute atomic E-state index is 0.911. The monoisotopic (exact) mass is 691 g/mol. The van der Waals surface area contributed by atoms with Gasteiger partial charge in [-0.05, 0) is 76.5 Å². The molecule has 0 aliphatic heterocycles. The van der Waals surface area contributed by atoms with Crippen molar-refractivity contribution in [1.29, 1.82) is 0 Å². The zero-order valence-electron chi connectivity index (χ0n) is 26.5. The molecule has 0 spiro atoms. The lowest BCUT2D eigenvalue weighted by atomic mass is 10.00. The Kier molecular flexibility index (Phi) is 7.29. The van der Waals surface area contributed by atoms with Crippen molar-refractivity contribution in [2.75, 3.05) is 4.90 Å². The molecule has 0 saturated carbocycles. The third-order valence-electron chi connectivity index (χ3n) is 9.21. The van der Waals surface area contributed by atoms with E-state index in [0.717, 1.165) is 66.2 Å². The summed E-state index contributed by atoms with van der Waals surface area (Å²) in [6.07, 6.45) is 0. The van der Waals surface area contributed by atoms with E-state index < -0.39 is 0 Å². The van der Waals surface area contributed by atoms with Gasteiger partial charge < -0.3 is 4.90 Å². The second kappa shape index (κ2) is 12.2. The van der Waals surface area contributed by atoms with Gasteiger partial charge in [0.05, 0.1) is 11.0 Å². The van der Waals surface area contributed by atoms with Crippen LogP contribution in [0.5, 0.6) is 0 Å². The summed E-state index contributed by atoms with van der Waals surface area (Å²) in [6, 6.07) is 64.4. The first-order chi connectivity index (χ1) is 24.2. The molecule has 0 saturated heterocycles. The van der Waals surface area contributed by atoms with Gasteiger partial charge in [0.25, 0.3) is 0 Å². The fourth-order valence-electron chi connectivity index (χ4n) is 7.00. The van der Waals surface area contributed by atoms with Crippen LogP contribution in [0.3, 0.4) is 0 Å². The summed E-state index contributed by atoms with van der Waals surface area (Å²) in [5.41, 5.74) is 9.87. The van der Waals surface area contributed by atoms with Gasteiger partial charge in [-0.25, -0.2) is 4.98 Å². The van der Waals surface area contributed by atoms with Crippen molar-refractivity contribution >= 4 is 65.6 Å². The standard InChI is InChI=1S/C45H30BrN3/c46-34-14-12-20-38(30-34)49-44-42-24-10-8-22-40(42)39-21-7-9-23-41(39)43(44)47-45(49)32-27-25-31(26-28-32)33-13-11-19-37(29-33)48(35-15-3-1-4-16-35)36-17-5-2-6-18-36/h1-30H. The smallest absolute Gasteiger partial charge is 0.145 e. The van der Waals surface area contributed by atoms with Crippen LogP contribution < -0.4 is 4.90 Å². The Morgan fingerprint density at radius 2 is 0.980 bits per heavy atom. The van der Waals surface area contributed by atoms with Crippen LogP contribution in [-0.4, -0.2) is 9.55 Å². The molecule has 0 atom stereocenters. The normalized spacial score (nSPS) is 11.4. The minimum atomic E-state index is 0.911. The highest BCUT2D eigenvalue weighted by Gasteiger charge is 2.20. The zero-order chi connectivity index (χ0) is 32.7. The largest absolute Gasteiger partial charge is 0.310 e. The molecule has 0 fully saturated rings. The van der Waals surface area contributed by atoms with Crippen molar-refractivity contribution in [1.82, 2.24) is 9.55 Å². The molecule has 9 aromatic rings. The molecule has 0 aliphatic rings. The number of anilines is 3. The van der Waals surface area contributed by atoms with Crippen molar-refractivity contribution in [3.8, 4) is 28.2 Å². The number of hydrogen-bond donors (Lipinski definition) is 0. The minimum Gasteiger partial charge on any atom is -0.310 e. The Hall–Kier alpha value is -5.97. The molecule has 8 aromatic carbocycles. The second-order valence-corrected chi connectivity index (χ2v) is 13.1. The maximum atomic E-state index is 5.42. The molecule has 0 radical (unpaired) electrons. The van der Waals surface area contributed by atoms with E-state index in [2.05, 4.69) is 207 Å². The quantitative estimate of drug-likeness (QED) is 0.162. The molecule has 4 heteroatoms. The SMILES string of the molecule is Brc1cccc(-n2c(-c3ccc(-c4cccc(N(c5ccccc5)c5ccccc5)c4)cc3)nc3c4ccccc4c4ccccc4c32)c1. The number of aromatic nitrogens is 2. The second-order valence-electron chi connectivity index (χ2n) is 12.2. The molecule has 0 bridgehead atoms. The predicted molar refractivity (Wildman–Crippen MR) is 209 cm³/mol. The zero-order valence-corrected chi connectivity index (χ0v) is 28.1. The number of benzene rings is 8. The third kappa shape index (κ3) is 5.18. The molecular formula is C45H30BrN3. The molecule has 0 unspecified atom stereocenters. The number of rotatable bonds is 6. The predicted octanol–water partition coefficient (Wildman–Crippen LogP) is 12.9. The summed E-state index contributed by atoms with van der Waals surface area (Å²) in [5, 5.41) is 4.78. The molecular weight excluding hydrogens is 662 g/mol. The fraction of sp³-hybridized carbons (Fsp3) is 0. The average Bonchev–Trinajstić information content (AvgIpc) is 3.58. The van der Waals surface area contributed by atoms with E-state index in [1.807, 2.05) is 0 Å². The van der Waals surface area contributed by atoms with Crippen molar-refractivity contribution in [2.45, 2.75) is 0 Å². The van der Waals surface area contributed by atoms with Crippen LogP contribution >= 0.6 is 15.9 Å². The van der Waals surface area contributed by atoms with Crippen LogP contribution in [0, 0.1) is 0 Å². The van der Waals surface area contributed by atoms with Gasteiger partial charge in [0.2, 0.25) is 0 Å². The number of halogens is 1. The molecule has 0 aliphatic carbocycles. The van der Waals surface area contributed by atoms with E-state index in [1.54, 1.807) is 0 Å². The Labute approximate surface area is 293 Å². The summed E-state index contributed by atoms with van der Waals surface area (Å²) in [5.74, 6) is 0.911. The van der Waals surface area contributed by atoms with Crippen molar-refractivity contribution in [2.24, 2.45) is 0 Å².